The third kappa shape index (κ3) is 8.25. The van der Waals surface area contributed by atoms with E-state index >= 15 is 0 Å². The van der Waals surface area contributed by atoms with Crippen molar-refractivity contribution in [2.45, 2.75) is 43.7 Å². The van der Waals surface area contributed by atoms with Crippen LogP contribution < -0.4 is 0 Å². The van der Waals surface area contributed by atoms with E-state index in [1.807, 2.05) is 19.6 Å². The van der Waals surface area contributed by atoms with Crippen molar-refractivity contribution in [3.05, 3.63) is 144 Å². The van der Waals surface area contributed by atoms with Crippen molar-refractivity contribution in [1.29, 1.82) is 0 Å². The standard InChI is InChI=1S/C38H34O9Si/c1-48(2,3)25-24-38(47-36(42)30-22-14-7-15-23-30)32(45-34(40)28-18-10-5-11-19-28)31(26-43-33(39)27-16-8-4-9-17-27)44-37(38)46-35(41)29-20-12-6-13-21-29/h4-23,31-32,37H,26H2,1-3H3/t31-,32?,37+,38?/m1/s1. The molecule has 10 heteroatoms. The summed E-state index contributed by atoms with van der Waals surface area (Å²) in [5.74, 6) is -0.0322. The van der Waals surface area contributed by atoms with E-state index in [0.717, 1.165) is 0 Å². The first-order chi connectivity index (χ1) is 23.1. The lowest BCUT2D eigenvalue weighted by molar-refractivity contribution is -0.161. The van der Waals surface area contributed by atoms with Gasteiger partial charge in [-0.05, 0) is 48.5 Å². The van der Waals surface area contributed by atoms with Crippen LogP contribution in [0, 0.1) is 11.5 Å². The third-order valence-corrected chi connectivity index (χ3v) is 8.04. The fraction of sp³-hybridized carbons (Fsp3) is 0.211. The Balaban J connectivity index is 1.62. The molecule has 244 valence electrons. The quantitative estimate of drug-likeness (QED) is 0.0904. The van der Waals surface area contributed by atoms with E-state index in [2.05, 4.69) is 11.5 Å². The fourth-order valence-corrected chi connectivity index (χ4v) is 5.36. The second kappa shape index (κ2) is 14.9. The van der Waals surface area contributed by atoms with Crippen molar-refractivity contribution in [2.24, 2.45) is 0 Å². The molecule has 1 saturated heterocycles. The molecule has 2 unspecified atom stereocenters. The predicted molar refractivity (Wildman–Crippen MR) is 179 cm³/mol. The van der Waals surface area contributed by atoms with E-state index in [1.54, 1.807) is 121 Å². The van der Waals surface area contributed by atoms with Crippen LogP contribution in [0.25, 0.3) is 0 Å². The van der Waals surface area contributed by atoms with Crippen LogP contribution >= 0.6 is 0 Å². The Labute approximate surface area is 279 Å². The molecule has 0 aromatic heterocycles. The molecule has 0 bridgehead atoms. The Morgan fingerprint density at radius 2 is 1.04 bits per heavy atom. The van der Waals surface area contributed by atoms with E-state index in [1.165, 1.54) is 0 Å². The molecule has 4 aromatic rings. The zero-order chi connectivity index (χ0) is 34.1. The molecular weight excluding hydrogens is 628 g/mol. The first-order valence-corrected chi connectivity index (χ1v) is 18.8. The molecule has 1 fully saturated rings. The van der Waals surface area contributed by atoms with Crippen LogP contribution in [-0.2, 0) is 23.7 Å². The topological polar surface area (TPSA) is 114 Å². The van der Waals surface area contributed by atoms with Crippen LogP contribution in [0.3, 0.4) is 0 Å². The van der Waals surface area contributed by atoms with Crippen LogP contribution in [0.15, 0.2) is 121 Å². The maximum absolute atomic E-state index is 13.8. The number of esters is 4. The number of carbonyl (C=O) groups excluding carboxylic acids is 4. The number of benzene rings is 4. The molecule has 0 radical (unpaired) electrons. The minimum absolute atomic E-state index is 0.173. The highest BCUT2D eigenvalue weighted by Crippen LogP contribution is 2.39. The average Bonchev–Trinajstić information content (AvgIpc) is 3.38. The zero-order valence-corrected chi connectivity index (χ0v) is 27.7. The second-order valence-corrected chi connectivity index (χ2v) is 16.7. The largest absolute Gasteiger partial charge is 0.459 e. The third-order valence-electron chi connectivity index (χ3n) is 7.17. The smallest absolute Gasteiger partial charge is 0.340 e. The molecular formula is C38H34O9Si. The Kier molecular flexibility index (Phi) is 10.5. The van der Waals surface area contributed by atoms with Crippen LogP contribution in [0.5, 0.6) is 0 Å². The van der Waals surface area contributed by atoms with Crippen LogP contribution in [0.2, 0.25) is 19.6 Å². The van der Waals surface area contributed by atoms with Gasteiger partial charge >= 0.3 is 23.9 Å². The lowest BCUT2D eigenvalue weighted by Crippen LogP contribution is -2.54. The molecule has 48 heavy (non-hydrogen) atoms. The molecule has 1 aliphatic heterocycles. The summed E-state index contributed by atoms with van der Waals surface area (Å²) in [4.78, 5) is 53.9. The molecule has 4 aromatic carbocycles. The van der Waals surface area contributed by atoms with Crippen LogP contribution in [0.1, 0.15) is 41.4 Å². The predicted octanol–water partition coefficient (Wildman–Crippen LogP) is 6.13. The molecule has 4 atom stereocenters. The Hall–Kier alpha value is -5.50. The highest BCUT2D eigenvalue weighted by Gasteiger charge is 2.64. The first-order valence-electron chi connectivity index (χ1n) is 15.3. The highest BCUT2D eigenvalue weighted by atomic mass is 28.3. The zero-order valence-electron chi connectivity index (χ0n) is 26.7. The summed E-state index contributed by atoms with van der Waals surface area (Å²) >= 11 is 0. The van der Waals surface area contributed by atoms with Gasteiger partial charge in [-0.25, -0.2) is 19.2 Å². The van der Waals surface area contributed by atoms with Gasteiger partial charge in [0.25, 0.3) is 11.9 Å². The van der Waals surface area contributed by atoms with Gasteiger partial charge in [0.15, 0.2) is 6.10 Å². The number of ether oxygens (including phenoxy) is 5. The van der Waals surface area contributed by atoms with Gasteiger partial charge in [-0.15, -0.1) is 5.54 Å². The number of carbonyl (C=O) groups is 4. The van der Waals surface area contributed by atoms with Crippen LogP contribution in [0.4, 0.5) is 0 Å². The van der Waals surface area contributed by atoms with E-state index < -0.39 is 62.7 Å². The monoisotopic (exact) mass is 662 g/mol. The lowest BCUT2D eigenvalue weighted by atomic mass is 9.94. The molecule has 0 N–H and O–H groups in total. The first kappa shape index (κ1) is 33.8. The molecule has 5 rings (SSSR count). The normalized spacial score (nSPS) is 20.0. The summed E-state index contributed by atoms with van der Waals surface area (Å²) in [6, 6.07) is 32.8. The molecule has 1 aliphatic rings. The van der Waals surface area contributed by atoms with Gasteiger partial charge in [0, 0.05) is 0 Å². The number of hydrogen-bond donors (Lipinski definition) is 0. The van der Waals surface area contributed by atoms with Crippen molar-refractivity contribution >= 4 is 32.0 Å². The van der Waals surface area contributed by atoms with Crippen molar-refractivity contribution < 1.29 is 42.9 Å². The minimum Gasteiger partial charge on any atom is -0.459 e. The SMILES string of the molecule is C[Si](C)(C)C#CC1(OC(=O)c2ccccc2)C(OC(=O)c2ccccc2)[C@@H](COC(=O)c2ccccc2)O[C@H]1OC(=O)c1ccccc1. The summed E-state index contributed by atoms with van der Waals surface area (Å²) in [5, 5.41) is 0. The molecule has 0 saturated carbocycles. The van der Waals surface area contributed by atoms with Gasteiger partial charge in [-0.2, -0.15) is 0 Å². The molecule has 9 nitrogen and oxygen atoms in total. The van der Waals surface area contributed by atoms with Gasteiger partial charge in [-0.1, -0.05) is 98.4 Å². The highest BCUT2D eigenvalue weighted by molar-refractivity contribution is 6.83. The van der Waals surface area contributed by atoms with E-state index in [0.29, 0.717) is 0 Å². The molecule has 0 aliphatic carbocycles. The lowest BCUT2D eigenvalue weighted by Gasteiger charge is -2.33. The molecule has 0 amide bonds. The molecule has 1 heterocycles. The summed E-state index contributed by atoms with van der Waals surface area (Å²) in [6.45, 7) is 5.45. The maximum atomic E-state index is 13.8. The Bertz CT molecular complexity index is 1800. The van der Waals surface area contributed by atoms with Gasteiger partial charge in [0.05, 0.1) is 22.3 Å². The van der Waals surface area contributed by atoms with Crippen LogP contribution in [-0.4, -0.2) is 62.7 Å². The summed E-state index contributed by atoms with van der Waals surface area (Å²) in [6.07, 6.45) is -4.49. The van der Waals surface area contributed by atoms with Crippen molar-refractivity contribution in [2.75, 3.05) is 6.61 Å². The van der Waals surface area contributed by atoms with Crippen molar-refractivity contribution in [3.8, 4) is 11.5 Å². The summed E-state index contributed by atoms with van der Waals surface area (Å²) in [7, 11) is -2.25. The summed E-state index contributed by atoms with van der Waals surface area (Å²) < 4.78 is 30.0. The van der Waals surface area contributed by atoms with Gasteiger partial charge < -0.3 is 23.7 Å². The van der Waals surface area contributed by atoms with Crippen molar-refractivity contribution in [1.82, 2.24) is 0 Å². The van der Waals surface area contributed by atoms with Crippen molar-refractivity contribution in [3.63, 3.8) is 0 Å². The van der Waals surface area contributed by atoms with E-state index in [9.17, 15) is 19.2 Å². The van der Waals surface area contributed by atoms with Gasteiger partial charge in [0.1, 0.15) is 20.8 Å². The Morgan fingerprint density at radius 1 is 0.625 bits per heavy atom. The van der Waals surface area contributed by atoms with Gasteiger partial charge in [-0.3, -0.25) is 0 Å². The summed E-state index contributed by atoms with van der Waals surface area (Å²) in [5.41, 5.74) is 1.87. The van der Waals surface area contributed by atoms with E-state index in [-0.39, 0.29) is 22.3 Å². The second-order valence-electron chi connectivity index (χ2n) is 12.0. The van der Waals surface area contributed by atoms with E-state index in [4.69, 9.17) is 23.7 Å². The van der Waals surface area contributed by atoms with Gasteiger partial charge in [0.2, 0.25) is 0 Å². The maximum Gasteiger partial charge on any atom is 0.340 e. The fourth-order valence-electron chi connectivity index (χ4n) is 4.79. The average molecular weight is 663 g/mol. The molecule has 0 spiro atoms. The number of hydrogen-bond acceptors (Lipinski definition) is 9. The Morgan fingerprint density at radius 3 is 1.50 bits per heavy atom. The minimum atomic E-state index is -2.25. The number of rotatable bonds is 9.